The maximum Gasteiger partial charge on any atom is 0.275 e. The molecule has 0 unspecified atom stereocenters. The predicted octanol–water partition coefficient (Wildman–Crippen LogP) is 4.05. The second-order valence-corrected chi connectivity index (χ2v) is 5.97. The van der Waals surface area contributed by atoms with Gasteiger partial charge in [-0.3, -0.25) is 4.79 Å². The molecule has 1 amide bonds. The summed E-state index contributed by atoms with van der Waals surface area (Å²) in [7, 11) is 0. The zero-order chi connectivity index (χ0) is 14.1. The molecule has 1 saturated carbocycles. The fourth-order valence-electron chi connectivity index (χ4n) is 2.65. The highest BCUT2D eigenvalue weighted by molar-refractivity contribution is 6.35. The number of hydrogen-bond acceptors (Lipinski definition) is 2. The molecule has 20 heavy (non-hydrogen) atoms. The molecule has 0 aromatic heterocycles. The van der Waals surface area contributed by atoms with Crippen molar-refractivity contribution in [3.8, 4) is 0 Å². The summed E-state index contributed by atoms with van der Waals surface area (Å²) < 4.78 is 0. The first kappa shape index (κ1) is 13.7. The minimum absolute atomic E-state index is 0.155. The van der Waals surface area contributed by atoms with Gasteiger partial charge in [0.25, 0.3) is 5.91 Å². The van der Waals surface area contributed by atoms with Gasteiger partial charge in [0.1, 0.15) is 11.5 Å². The second kappa shape index (κ2) is 5.58. The average Bonchev–Trinajstić information content (AvgIpc) is 3.03. The molecule has 1 aliphatic heterocycles. The number of amidine groups is 1. The molecule has 3 nitrogen and oxygen atoms in total. The van der Waals surface area contributed by atoms with E-state index in [4.69, 9.17) is 23.2 Å². The number of carbonyl (C=O) groups excluding carboxylic acids is 1. The number of carbonyl (C=O) groups is 1. The van der Waals surface area contributed by atoms with E-state index in [1.165, 1.54) is 12.8 Å². The van der Waals surface area contributed by atoms with E-state index in [2.05, 4.69) is 10.3 Å². The maximum atomic E-state index is 12.0. The van der Waals surface area contributed by atoms with Crippen LogP contribution in [0.2, 0.25) is 10.0 Å². The lowest BCUT2D eigenvalue weighted by Crippen LogP contribution is -2.29. The monoisotopic (exact) mass is 308 g/mol. The van der Waals surface area contributed by atoms with Crippen molar-refractivity contribution in [1.82, 2.24) is 5.32 Å². The molecule has 1 aromatic carbocycles. The molecule has 0 bridgehead atoms. The van der Waals surface area contributed by atoms with Gasteiger partial charge in [0.05, 0.1) is 0 Å². The lowest BCUT2D eigenvalue weighted by Gasteiger charge is -2.06. The minimum Gasteiger partial charge on any atom is -0.308 e. The van der Waals surface area contributed by atoms with Crippen LogP contribution in [0.1, 0.15) is 31.2 Å². The third-order valence-electron chi connectivity index (χ3n) is 3.71. The summed E-state index contributed by atoms with van der Waals surface area (Å²) in [5.74, 6) is 1.05. The van der Waals surface area contributed by atoms with E-state index in [1.807, 2.05) is 0 Å². The molecule has 1 N–H and O–H groups in total. The Balaban J connectivity index is 1.88. The Bertz CT molecular complexity index is 616. The van der Waals surface area contributed by atoms with Crippen LogP contribution in [0.5, 0.6) is 0 Å². The van der Waals surface area contributed by atoms with Crippen LogP contribution in [-0.4, -0.2) is 11.7 Å². The summed E-state index contributed by atoms with van der Waals surface area (Å²) in [5, 5.41) is 3.96. The van der Waals surface area contributed by atoms with E-state index in [9.17, 15) is 4.79 Å². The second-order valence-electron chi connectivity index (χ2n) is 5.13. The van der Waals surface area contributed by atoms with E-state index in [-0.39, 0.29) is 5.91 Å². The average molecular weight is 309 g/mol. The highest BCUT2D eigenvalue weighted by atomic mass is 35.5. The van der Waals surface area contributed by atoms with E-state index in [0.29, 0.717) is 21.7 Å². The van der Waals surface area contributed by atoms with Crippen LogP contribution in [0.4, 0.5) is 0 Å². The fourth-order valence-corrected chi connectivity index (χ4v) is 3.11. The highest BCUT2D eigenvalue weighted by Crippen LogP contribution is 2.29. The number of aliphatic imine (C=N–C) groups is 1. The highest BCUT2D eigenvalue weighted by Gasteiger charge is 2.28. The van der Waals surface area contributed by atoms with Gasteiger partial charge < -0.3 is 5.32 Å². The first-order valence-corrected chi connectivity index (χ1v) is 7.46. The van der Waals surface area contributed by atoms with Gasteiger partial charge in [0.15, 0.2) is 0 Å². The summed E-state index contributed by atoms with van der Waals surface area (Å²) in [5.41, 5.74) is 1.16. The Morgan fingerprint density at radius 2 is 2.00 bits per heavy atom. The van der Waals surface area contributed by atoms with E-state index in [1.54, 1.807) is 24.3 Å². The Morgan fingerprint density at radius 3 is 2.70 bits per heavy atom. The molecule has 2 aliphatic rings. The van der Waals surface area contributed by atoms with Crippen molar-refractivity contribution >= 4 is 41.0 Å². The molecular weight excluding hydrogens is 295 g/mol. The van der Waals surface area contributed by atoms with Crippen LogP contribution < -0.4 is 5.32 Å². The van der Waals surface area contributed by atoms with Gasteiger partial charge in [-0.1, -0.05) is 42.1 Å². The molecule has 104 valence electrons. The predicted molar refractivity (Wildman–Crippen MR) is 82.0 cm³/mol. The summed E-state index contributed by atoms with van der Waals surface area (Å²) in [4.78, 5) is 16.4. The van der Waals surface area contributed by atoms with Gasteiger partial charge in [-0.2, -0.15) is 0 Å². The number of rotatable bonds is 2. The molecule has 0 spiro atoms. The zero-order valence-corrected chi connectivity index (χ0v) is 12.3. The largest absolute Gasteiger partial charge is 0.308 e. The van der Waals surface area contributed by atoms with Crippen LogP contribution in [0.15, 0.2) is 28.9 Å². The fraction of sp³-hybridized carbons (Fsp3) is 0.333. The molecule has 5 heteroatoms. The molecule has 0 atom stereocenters. The first-order valence-electron chi connectivity index (χ1n) is 6.70. The van der Waals surface area contributed by atoms with Crippen LogP contribution in [0, 0.1) is 5.92 Å². The summed E-state index contributed by atoms with van der Waals surface area (Å²) in [6.45, 7) is 0. The van der Waals surface area contributed by atoms with Crippen molar-refractivity contribution < 1.29 is 4.79 Å². The van der Waals surface area contributed by atoms with Crippen LogP contribution in [0.3, 0.4) is 0 Å². The Kier molecular flexibility index (Phi) is 3.81. The van der Waals surface area contributed by atoms with Crippen molar-refractivity contribution in [1.29, 1.82) is 0 Å². The Morgan fingerprint density at radius 1 is 1.25 bits per heavy atom. The number of halogens is 2. The SMILES string of the molecule is O=C1NC(C2CCCC2)=N/C1=C\c1ccc(Cl)cc1Cl. The van der Waals surface area contributed by atoms with Crippen LogP contribution in [0.25, 0.3) is 6.08 Å². The van der Waals surface area contributed by atoms with Crippen molar-refractivity contribution in [3.63, 3.8) is 0 Å². The van der Waals surface area contributed by atoms with Gasteiger partial charge in [-0.15, -0.1) is 0 Å². The van der Waals surface area contributed by atoms with Crippen molar-refractivity contribution in [3.05, 3.63) is 39.5 Å². The van der Waals surface area contributed by atoms with Crippen LogP contribution >= 0.6 is 23.2 Å². The number of hydrogen-bond donors (Lipinski definition) is 1. The lowest BCUT2D eigenvalue weighted by molar-refractivity contribution is -0.115. The molecule has 1 fully saturated rings. The standard InChI is InChI=1S/C15H14Cl2N2O/c16-11-6-5-10(12(17)8-11)7-13-15(20)19-14(18-13)9-3-1-2-4-9/h5-9H,1-4H2,(H,18,19,20)/b13-7-. The number of nitrogens with zero attached hydrogens (tertiary/aromatic N) is 1. The molecule has 1 aliphatic carbocycles. The van der Waals surface area contributed by atoms with Crippen molar-refractivity contribution in [2.75, 3.05) is 0 Å². The Hall–Kier alpha value is -1.32. The Labute approximate surface area is 127 Å². The van der Waals surface area contributed by atoms with Gasteiger partial charge in [-0.05, 0) is 36.6 Å². The molecular formula is C15H14Cl2N2O. The first-order chi connectivity index (χ1) is 9.63. The molecule has 1 aromatic rings. The van der Waals surface area contributed by atoms with Crippen LogP contribution in [-0.2, 0) is 4.79 Å². The quantitative estimate of drug-likeness (QED) is 0.823. The van der Waals surface area contributed by atoms with Gasteiger partial charge in [0, 0.05) is 16.0 Å². The van der Waals surface area contributed by atoms with E-state index < -0.39 is 0 Å². The molecule has 0 saturated heterocycles. The maximum absolute atomic E-state index is 12.0. The zero-order valence-electron chi connectivity index (χ0n) is 10.8. The summed E-state index contributed by atoms with van der Waals surface area (Å²) in [6.07, 6.45) is 6.33. The van der Waals surface area contributed by atoms with Crippen molar-refractivity contribution in [2.24, 2.45) is 10.9 Å². The van der Waals surface area contributed by atoms with Gasteiger partial charge in [0.2, 0.25) is 0 Å². The van der Waals surface area contributed by atoms with E-state index in [0.717, 1.165) is 24.2 Å². The van der Waals surface area contributed by atoms with Gasteiger partial charge in [-0.25, -0.2) is 4.99 Å². The number of amides is 1. The summed E-state index contributed by atoms with van der Waals surface area (Å²) >= 11 is 12.0. The minimum atomic E-state index is -0.155. The number of benzene rings is 1. The summed E-state index contributed by atoms with van der Waals surface area (Å²) in [6, 6.07) is 5.19. The third-order valence-corrected chi connectivity index (χ3v) is 4.27. The van der Waals surface area contributed by atoms with Crippen molar-refractivity contribution in [2.45, 2.75) is 25.7 Å². The normalized spacial score (nSPS) is 21.4. The molecule has 0 radical (unpaired) electrons. The molecule has 3 rings (SSSR count). The smallest absolute Gasteiger partial charge is 0.275 e. The molecule has 1 heterocycles. The lowest BCUT2D eigenvalue weighted by atomic mass is 10.1. The van der Waals surface area contributed by atoms with E-state index >= 15 is 0 Å². The third kappa shape index (κ3) is 2.74. The number of nitrogens with one attached hydrogen (secondary N) is 1. The van der Waals surface area contributed by atoms with Gasteiger partial charge >= 0.3 is 0 Å². The topological polar surface area (TPSA) is 41.5 Å².